The molecule has 0 unspecified atom stereocenters. The van der Waals surface area contributed by atoms with Gasteiger partial charge in [-0.1, -0.05) is 0 Å². The van der Waals surface area contributed by atoms with Crippen LogP contribution in [-0.4, -0.2) is 32.8 Å². The lowest BCUT2D eigenvalue weighted by molar-refractivity contribution is 0.335. The van der Waals surface area contributed by atoms with Gasteiger partial charge in [-0.05, 0) is 37.3 Å². The number of pyridine rings is 2. The maximum Gasteiger partial charge on any atom is 0.266 e. The second-order valence-corrected chi connectivity index (χ2v) is 6.41. The minimum Gasteiger partial charge on any atom is -0.371 e. The van der Waals surface area contributed by atoms with E-state index in [9.17, 15) is 4.79 Å². The number of rotatable bonds is 4. The third-order valence-corrected chi connectivity index (χ3v) is 4.46. The molecule has 3 aromatic heterocycles. The average molecular weight is 333 g/mol. The van der Waals surface area contributed by atoms with E-state index in [1.165, 1.54) is 5.69 Å². The van der Waals surface area contributed by atoms with Gasteiger partial charge >= 0.3 is 0 Å². The van der Waals surface area contributed by atoms with Crippen molar-refractivity contribution in [1.82, 2.24) is 19.7 Å². The number of hydrogen-bond acceptors (Lipinski definition) is 5. The van der Waals surface area contributed by atoms with Gasteiger partial charge in [-0.2, -0.15) is 5.10 Å². The molecule has 0 saturated carbocycles. The lowest BCUT2D eigenvalue weighted by Crippen LogP contribution is -2.49. The van der Waals surface area contributed by atoms with Crippen LogP contribution in [0.4, 0.5) is 5.69 Å². The zero-order valence-electron chi connectivity index (χ0n) is 14.0. The fourth-order valence-electron chi connectivity index (χ4n) is 3.12. The van der Waals surface area contributed by atoms with E-state index in [2.05, 4.69) is 26.0 Å². The van der Waals surface area contributed by atoms with E-state index in [-0.39, 0.29) is 5.56 Å². The number of nitrogens with zero attached hydrogens (tertiary/aromatic N) is 5. The number of anilines is 1. The van der Waals surface area contributed by atoms with Gasteiger partial charge in [-0.25, -0.2) is 4.68 Å². The summed E-state index contributed by atoms with van der Waals surface area (Å²) in [6, 6.07) is 11.3. The van der Waals surface area contributed by atoms with Gasteiger partial charge in [0.25, 0.3) is 5.56 Å². The van der Waals surface area contributed by atoms with Gasteiger partial charge in [-0.3, -0.25) is 14.8 Å². The molecule has 1 saturated heterocycles. The standard InChI is InChI=1S/C19H19N5O/c1-14-9-17(6-8-21-14)23-11-15(12-23)13-24-19(25)5-4-18(22-24)16-3-2-7-20-10-16/h2-10,15H,11-13H2,1H3. The highest BCUT2D eigenvalue weighted by molar-refractivity contribution is 5.56. The zero-order valence-corrected chi connectivity index (χ0v) is 14.0. The van der Waals surface area contributed by atoms with E-state index >= 15 is 0 Å². The molecule has 0 radical (unpaired) electrons. The Morgan fingerprint density at radius 1 is 1.16 bits per heavy atom. The summed E-state index contributed by atoms with van der Waals surface area (Å²) in [5.41, 5.74) is 3.83. The number of aryl methyl sites for hydroxylation is 1. The van der Waals surface area contributed by atoms with Crippen LogP contribution in [0.3, 0.4) is 0 Å². The Morgan fingerprint density at radius 3 is 2.80 bits per heavy atom. The molecular weight excluding hydrogens is 314 g/mol. The van der Waals surface area contributed by atoms with Crippen molar-refractivity contribution in [3.63, 3.8) is 0 Å². The van der Waals surface area contributed by atoms with Crippen LogP contribution in [0.5, 0.6) is 0 Å². The van der Waals surface area contributed by atoms with Crippen molar-refractivity contribution < 1.29 is 0 Å². The first-order chi connectivity index (χ1) is 12.2. The predicted molar refractivity (Wildman–Crippen MR) is 96.4 cm³/mol. The fraction of sp³-hybridized carbons (Fsp3) is 0.263. The topological polar surface area (TPSA) is 63.9 Å². The van der Waals surface area contributed by atoms with Crippen LogP contribution < -0.4 is 10.5 Å². The quantitative estimate of drug-likeness (QED) is 0.732. The van der Waals surface area contributed by atoms with Crippen molar-refractivity contribution in [3.05, 3.63) is 71.0 Å². The van der Waals surface area contributed by atoms with Crippen molar-refractivity contribution in [3.8, 4) is 11.3 Å². The summed E-state index contributed by atoms with van der Waals surface area (Å²) in [6.45, 7) is 4.48. The molecule has 1 aliphatic rings. The van der Waals surface area contributed by atoms with Gasteiger partial charge in [0.2, 0.25) is 0 Å². The highest BCUT2D eigenvalue weighted by Gasteiger charge is 2.28. The molecule has 0 bridgehead atoms. The van der Waals surface area contributed by atoms with Gasteiger partial charge in [0.15, 0.2) is 0 Å². The summed E-state index contributed by atoms with van der Waals surface area (Å²) in [5, 5.41) is 4.51. The Morgan fingerprint density at radius 2 is 2.04 bits per heavy atom. The molecule has 126 valence electrons. The maximum atomic E-state index is 12.1. The second kappa shape index (κ2) is 6.47. The van der Waals surface area contributed by atoms with Gasteiger partial charge < -0.3 is 4.90 Å². The minimum atomic E-state index is -0.0640. The molecule has 3 aromatic rings. The first-order valence-electron chi connectivity index (χ1n) is 8.35. The number of aromatic nitrogens is 4. The summed E-state index contributed by atoms with van der Waals surface area (Å²) in [7, 11) is 0. The van der Waals surface area contributed by atoms with Crippen molar-refractivity contribution >= 4 is 5.69 Å². The molecule has 0 atom stereocenters. The fourth-order valence-corrected chi connectivity index (χ4v) is 3.12. The maximum absolute atomic E-state index is 12.1. The summed E-state index contributed by atoms with van der Waals surface area (Å²) < 4.78 is 1.57. The molecule has 0 aliphatic carbocycles. The Labute approximate surface area is 145 Å². The smallest absolute Gasteiger partial charge is 0.266 e. The second-order valence-electron chi connectivity index (χ2n) is 6.41. The predicted octanol–water partition coefficient (Wildman–Crippen LogP) is 2.15. The lowest BCUT2D eigenvalue weighted by Gasteiger charge is -2.41. The Hall–Kier alpha value is -3.02. The molecule has 1 aliphatic heterocycles. The first-order valence-corrected chi connectivity index (χ1v) is 8.35. The number of hydrogen-bond donors (Lipinski definition) is 0. The van der Waals surface area contributed by atoms with Crippen LogP contribution in [0.25, 0.3) is 11.3 Å². The van der Waals surface area contributed by atoms with Crippen LogP contribution in [0.15, 0.2) is 59.8 Å². The third-order valence-electron chi connectivity index (χ3n) is 4.46. The van der Waals surface area contributed by atoms with Crippen LogP contribution >= 0.6 is 0 Å². The van der Waals surface area contributed by atoms with Crippen LogP contribution in [0.1, 0.15) is 5.69 Å². The van der Waals surface area contributed by atoms with Gasteiger partial charge in [0.05, 0.1) is 12.2 Å². The Kier molecular flexibility index (Phi) is 4.01. The van der Waals surface area contributed by atoms with Crippen molar-refractivity contribution in [2.75, 3.05) is 18.0 Å². The van der Waals surface area contributed by atoms with Gasteiger partial charge in [0, 0.05) is 60.6 Å². The van der Waals surface area contributed by atoms with Crippen molar-refractivity contribution in [1.29, 1.82) is 0 Å². The summed E-state index contributed by atoms with van der Waals surface area (Å²) in [6.07, 6.45) is 5.32. The Bertz CT molecular complexity index is 932. The molecule has 4 heterocycles. The molecular formula is C19H19N5O. The molecule has 4 rings (SSSR count). The van der Waals surface area contributed by atoms with Gasteiger partial charge in [-0.15, -0.1) is 0 Å². The molecule has 6 nitrogen and oxygen atoms in total. The minimum absolute atomic E-state index is 0.0640. The zero-order chi connectivity index (χ0) is 17.2. The van der Waals surface area contributed by atoms with E-state index in [1.807, 2.05) is 31.3 Å². The molecule has 0 amide bonds. The first kappa shape index (κ1) is 15.5. The van der Waals surface area contributed by atoms with Crippen molar-refractivity contribution in [2.45, 2.75) is 13.5 Å². The van der Waals surface area contributed by atoms with Gasteiger partial charge in [0.1, 0.15) is 0 Å². The Balaban J connectivity index is 1.46. The highest BCUT2D eigenvalue weighted by atomic mass is 16.1. The molecule has 1 fully saturated rings. The molecule has 25 heavy (non-hydrogen) atoms. The van der Waals surface area contributed by atoms with Crippen LogP contribution in [-0.2, 0) is 6.54 Å². The highest BCUT2D eigenvalue weighted by Crippen LogP contribution is 2.25. The largest absolute Gasteiger partial charge is 0.371 e. The van der Waals surface area contributed by atoms with E-state index in [0.29, 0.717) is 12.5 Å². The van der Waals surface area contributed by atoms with Crippen molar-refractivity contribution in [2.24, 2.45) is 5.92 Å². The molecule has 6 heteroatoms. The molecule has 0 spiro atoms. The molecule has 0 N–H and O–H groups in total. The van der Waals surface area contributed by atoms with Crippen LogP contribution in [0, 0.1) is 12.8 Å². The van der Waals surface area contributed by atoms with E-state index < -0.39 is 0 Å². The van der Waals surface area contributed by atoms with E-state index in [4.69, 9.17) is 0 Å². The summed E-state index contributed by atoms with van der Waals surface area (Å²) >= 11 is 0. The summed E-state index contributed by atoms with van der Waals surface area (Å²) in [4.78, 5) is 22.8. The molecule has 0 aromatic carbocycles. The van der Waals surface area contributed by atoms with Crippen LogP contribution in [0.2, 0.25) is 0 Å². The normalized spacial score (nSPS) is 14.4. The monoisotopic (exact) mass is 333 g/mol. The lowest BCUT2D eigenvalue weighted by atomic mass is 9.99. The average Bonchev–Trinajstić information content (AvgIpc) is 2.60. The van der Waals surface area contributed by atoms with E-state index in [0.717, 1.165) is 30.0 Å². The van der Waals surface area contributed by atoms with E-state index in [1.54, 1.807) is 29.2 Å². The SMILES string of the molecule is Cc1cc(N2CC(Cn3nc(-c4cccnc4)ccc3=O)C2)ccn1. The third kappa shape index (κ3) is 3.28. The summed E-state index contributed by atoms with van der Waals surface area (Å²) in [5.74, 6) is 0.419.